The predicted molar refractivity (Wildman–Crippen MR) is 145 cm³/mol. The van der Waals surface area contributed by atoms with Crippen LogP contribution in [0.25, 0.3) is 22.6 Å². The smallest absolute Gasteiger partial charge is 0.225 e. The molecule has 0 spiro atoms. The number of rotatable bonds is 5. The van der Waals surface area contributed by atoms with E-state index in [0.29, 0.717) is 11.9 Å². The lowest BCUT2D eigenvalue weighted by molar-refractivity contribution is -0.138. The van der Waals surface area contributed by atoms with Crippen LogP contribution in [-0.4, -0.2) is 63.0 Å². The van der Waals surface area contributed by atoms with Crippen LogP contribution in [0.5, 0.6) is 0 Å². The lowest BCUT2D eigenvalue weighted by Gasteiger charge is -2.38. The van der Waals surface area contributed by atoms with E-state index in [1.807, 2.05) is 36.8 Å². The molecule has 192 valence electrons. The van der Waals surface area contributed by atoms with Crippen LogP contribution in [0.1, 0.15) is 37.3 Å². The number of aryl methyl sites for hydroxylation is 1. The summed E-state index contributed by atoms with van der Waals surface area (Å²) in [5.41, 5.74) is 11.5. The molecule has 8 nitrogen and oxygen atoms in total. The van der Waals surface area contributed by atoms with Crippen molar-refractivity contribution in [1.82, 2.24) is 35.2 Å². The number of carbonyl (C=O) groups is 1. The molecule has 1 aromatic carbocycles. The lowest BCUT2D eigenvalue weighted by atomic mass is 9.93. The maximum Gasteiger partial charge on any atom is 0.225 e. The van der Waals surface area contributed by atoms with Crippen molar-refractivity contribution >= 4 is 16.9 Å². The number of hydrogen-bond donors (Lipinski definition) is 2. The van der Waals surface area contributed by atoms with Gasteiger partial charge in [-0.05, 0) is 81.1 Å². The van der Waals surface area contributed by atoms with E-state index in [9.17, 15) is 4.79 Å². The van der Waals surface area contributed by atoms with Crippen LogP contribution in [-0.2, 0) is 4.79 Å². The second-order valence-corrected chi connectivity index (χ2v) is 10.4. The van der Waals surface area contributed by atoms with Crippen molar-refractivity contribution in [3.8, 4) is 11.5 Å². The first-order chi connectivity index (χ1) is 18.2. The number of nitrogens with one attached hydrogen (secondary N) is 2. The van der Waals surface area contributed by atoms with Gasteiger partial charge in [-0.3, -0.25) is 14.7 Å². The number of hydrogen-bond acceptors (Lipinski definition) is 6. The topological polar surface area (TPSA) is 78.3 Å². The number of imidazole rings is 1. The van der Waals surface area contributed by atoms with Crippen LogP contribution in [0.15, 0.2) is 66.6 Å². The zero-order valence-electron chi connectivity index (χ0n) is 21.4. The Morgan fingerprint density at radius 1 is 1.00 bits per heavy atom. The molecule has 0 unspecified atom stereocenters. The average molecular weight is 498 g/mol. The third kappa shape index (κ3) is 4.85. The van der Waals surface area contributed by atoms with Gasteiger partial charge in [-0.1, -0.05) is 18.2 Å². The van der Waals surface area contributed by atoms with E-state index in [1.54, 1.807) is 0 Å². The van der Waals surface area contributed by atoms with Crippen LogP contribution >= 0.6 is 0 Å². The molecule has 3 aliphatic rings. The highest BCUT2D eigenvalue weighted by Crippen LogP contribution is 2.34. The number of aromatic nitrogens is 3. The molecule has 0 radical (unpaired) electrons. The van der Waals surface area contributed by atoms with Gasteiger partial charge in [0.2, 0.25) is 5.91 Å². The summed E-state index contributed by atoms with van der Waals surface area (Å²) in [6, 6.07) is 12.7. The zero-order chi connectivity index (χ0) is 25.2. The molecule has 37 heavy (non-hydrogen) atoms. The summed E-state index contributed by atoms with van der Waals surface area (Å²) in [5.74, 6) is 1.41. The van der Waals surface area contributed by atoms with Gasteiger partial charge in [0, 0.05) is 50.2 Å². The number of nitrogens with zero attached hydrogens (tertiary/aromatic N) is 5. The van der Waals surface area contributed by atoms with E-state index in [-0.39, 0.29) is 5.92 Å². The fourth-order valence-electron chi connectivity index (χ4n) is 5.98. The summed E-state index contributed by atoms with van der Waals surface area (Å²) in [7, 11) is 0. The van der Waals surface area contributed by atoms with E-state index >= 15 is 0 Å². The zero-order valence-corrected chi connectivity index (χ0v) is 21.4. The summed E-state index contributed by atoms with van der Waals surface area (Å²) in [6.07, 6.45) is 11.6. The maximum absolute atomic E-state index is 13.4. The molecule has 0 atom stereocenters. The first-order valence-corrected chi connectivity index (χ1v) is 13.4. The number of amides is 1. The molecule has 8 heteroatoms. The van der Waals surface area contributed by atoms with Gasteiger partial charge < -0.3 is 20.3 Å². The fourth-order valence-corrected chi connectivity index (χ4v) is 5.98. The van der Waals surface area contributed by atoms with Crippen molar-refractivity contribution in [2.24, 2.45) is 5.92 Å². The van der Waals surface area contributed by atoms with Gasteiger partial charge in [0.1, 0.15) is 5.69 Å². The Kier molecular flexibility index (Phi) is 6.66. The first-order valence-electron chi connectivity index (χ1n) is 13.4. The van der Waals surface area contributed by atoms with Crippen LogP contribution in [0.2, 0.25) is 0 Å². The number of pyridine rings is 1. The minimum absolute atomic E-state index is 0.143. The molecule has 2 N–H and O–H groups in total. The monoisotopic (exact) mass is 497 g/mol. The molecule has 0 bridgehead atoms. The van der Waals surface area contributed by atoms with Crippen LogP contribution < -0.4 is 10.9 Å². The Morgan fingerprint density at radius 3 is 2.57 bits per heavy atom. The van der Waals surface area contributed by atoms with Gasteiger partial charge in [-0.2, -0.15) is 0 Å². The van der Waals surface area contributed by atoms with Crippen LogP contribution in [0.4, 0.5) is 0 Å². The largest absolute Gasteiger partial charge is 0.342 e. The Labute approximate surface area is 218 Å². The minimum atomic E-state index is 0.143. The molecule has 2 saturated heterocycles. The van der Waals surface area contributed by atoms with Crippen molar-refractivity contribution in [1.29, 1.82) is 0 Å². The van der Waals surface area contributed by atoms with Crippen molar-refractivity contribution < 1.29 is 4.79 Å². The molecular formula is C29H35N7O. The molecule has 3 aromatic rings. The third-order valence-electron chi connectivity index (χ3n) is 8.02. The summed E-state index contributed by atoms with van der Waals surface area (Å²) in [5, 5.41) is 0. The van der Waals surface area contributed by atoms with E-state index in [0.717, 1.165) is 81.0 Å². The normalized spacial score (nSPS) is 19.5. The van der Waals surface area contributed by atoms with Gasteiger partial charge in [0.15, 0.2) is 5.82 Å². The molecular weight excluding hydrogens is 462 g/mol. The lowest BCUT2D eigenvalue weighted by Crippen LogP contribution is -2.46. The second kappa shape index (κ2) is 10.4. The standard InChI is InChI=1S/C29H35N7O/c1-21-5-4-7-26-27(21)33-28(25-6-2-3-13-30-25)36(26)24-11-17-35(18-12-24)29(37)23-9-15-34(16-10-23)20-22-8-14-31-32-19-22/h2-8,13-14,19,23-24,31-32H,9-12,15-18,20H2,1H3. The SMILES string of the molecule is Cc1cccc2c1nc(-c1ccccn1)n2C1CCN(C(=O)C2CCN(CC3=CNNC=C3)CC2)CC1. The third-order valence-corrected chi connectivity index (χ3v) is 8.02. The second-order valence-electron chi connectivity index (χ2n) is 10.4. The first kappa shape index (κ1) is 23.7. The Balaban J connectivity index is 1.11. The number of piperidine rings is 2. The van der Waals surface area contributed by atoms with Crippen LogP contribution in [0, 0.1) is 12.8 Å². The fraction of sp³-hybridized carbons (Fsp3) is 0.414. The number of hydrazine groups is 1. The van der Waals surface area contributed by atoms with Gasteiger partial charge in [-0.25, -0.2) is 4.98 Å². The molecule has 0 saturated carbocycles. The molecule has 0 aliphatic carbocycles. The minimum Gasteiger partial charge on any atom is -0.342 e. The van der Waals surface area contributed by atoms with E-state index in [2.05, 4.69) is 61.4 Å². The summed E-state index contributed by atoms with van der Waals surface area (Å²) < 4.78 is 2.38. The highest BCUT2D eigenvalue weighted by molar-refractivity contribution is 5.83. The number of benzene rings is 1. The number of fused-ring (bicyclic) bond motifs is 1. The quantitative estimate of drug-likeness (QED) is 0.559. The van der Waals surface area contributed by atoms with Crippen molar-refractivity contribution in [3.63, 3.8) is 0 Å². The van der Waals surface area contributed by atoms with Gasteiger partial charge >= 0.3 is 0 Å². The number of likely N-dealkylation sites (tertiary alicyclic amines) is 2. The summed E-state index contributed by atoms with van der Waals surface area (Å²) >= 11 is 0. The molecule has 5 heterocycles. The molecule has 2 aromatic heterocycles. The molecule has 2 fully saturated rings. The molecule has 3 aliphatic heterocycles. The Bertz CT molecular complexity index is 1310. The van der Waals surface area contributed by atoms with Crippen LogP contribution in [0.3, 0.4) is 0 Å². The number of carbonyl (C=O) groups excluding carboxylic acids is 1. The van der Waals surface area contributed by atoms with Crippen molar-refractivity contribution in [2.45, 2.75) is 38.6 Å². The highest BCUT2D eigenvalue weighted by atomic mass is 16.2. The predicted octanol–water partition coefficient (Wildman–Crippen LogP) is 3.79. The summed E-state index contributed by atoms with van der Waals surface area (Å²) in [4.78, 5) is 27.6. The van der Waals surface area contributed by atoms with E-state index in [1.165, 1.54) is 11.1 Å². The Hall–Kier alpha value is -3.65. The van der Waals surface area contributed by atoms with Gasteiger partial charge in [0.05, 0.1) is 11.0 Å². The Morgan fingerprint density at radius 2 is 1.84 bits per heavy atom. The van der Waals surface area contributed by atoms with E-state index < -0.39 is 0 Å². The van der Waals surface area contributed by atoms with E-state index in [4.69, 9.17) is 4.98 Å². The maximum atomic E-state index is 13.4. The van der Waals surface area contributed by atoms with Crippen molar-refractivity contribution in [2.75, 3.05) is 32.7 Å². The average Bonchev–Trinajstić information content (AvgIpc) is 3.35. The highest BCUT2D eigenvalue weighted by Gasteiger charge is 2.32. The van der Waals surface area contributed by atoms with Crippen molar-refractivity contribution in [3.05, 3.63) is 72.2 Å². The molecule has 1 amide bonds. The number of para-hydroxylation sites is 1. The van der Waals surface area contributed by atoms with Gasteiger partial charge in [-0.15, -0.1) is 0 Å². The summed E-state index contributed by atoms with van der Waals surface area (Å²) in [6.45, 7) is 6.58. The molecule has 6 rings (SSSR count). The van der Waals surface area contributed by atoms with Gasteiger partial charge in [0.25, 0.3) is 0 Å².